The van der Waals surface area contributed by atoms with Gasteiger partial charge in [0.25, 0.3) is 0 Å². The van der Waals surface area contributed by atoms with Crippen molar-refractivity contribution in [3.63, 3.8) is 0 Å². The summed E-state index contributed by atoms with van der Waals surface area (Å²) in [5, 5.41) is 3.43. The number of rotatable bonds is 1. The smallest absolute Gasteiger partial charge is 0.127 e. The van der Waals surface area contributed by atoms with Crippen LogP contribution in [-0.2, 0) is 6.54 Å². The highest BCUT2D eigenvalue weighted by Crippen LogP contribution is 2.40. The fraction of sp³-hybridized carbons (Fsp3) is 0.571. The maximum absolute atomic E-state index is 13.9. The fourth-order valence-electron chi connectivity index (χ4n) is 3.38. The Bertz CT molecular complexity index is 382. The zero-order valence-corrected chi connectivity index (χ0v) is 9.51. The molecule has 1 aromatic carbocycles. The predicted octanol–water partition coefficient (Wildman–Crippen LogP) is 3.20. The van der Waals surface area contributed by atoms with Crippen molar-refractivity contribution >= 4 is 0 Å². The molecule has 16 heavy (non-hydrogen) atoms. The van der Waals surface area contributed by atoms with E-state index in [2.05, 4.69) is 11.4 Å². The average Bonchev–Trinajstić information content (AvgIpc) is 2.82. The summed E-state index contributed by atoms with van der Waals surface area (Å²) in [5.41, 5.74) is 2.18. The van der Waals surface area contributed by atoms with E-state index in [4.69, 9.17) is 0 Å². The molecule has 1 unspecified atom stereocenters. The van der Waals surface area contributed by atoms with Crippen molar-refractivity contribution in [2.75, 3.05) is 6.54 Å². The second kappa shape index (κ2) is 4.17. The van der Waals surface area contributed by atoms with Crippen molar-refractivity contribution < 1.29 is 4.39 Å². The summed E-state index contributed by atoms with van der Waals surface area (Å²) < 4.78 is 13.9. The van der Waals surface area contributed by atoms with E-state index in [9.17, 15) is 4.39 Å². The minimum absolute atomic E-state index is 0.0101. The third-order valence-corrected chi connectivity index (χ3v) is 4.16. The molecule has 1 aromatic rings. The highest BCUT2D eigenvalue weighted by Gasteiger charge is 2.31. The number of benzene rings is 1. The van der Waals surface area contributed by atoms with Crippen LogP contribution in [0.15, 0.2) is 18.2 Å². The quantitative estimate of drug-likeness (QED) is 0.764. The van der Waals surface area contributed by atoms with Gasteiger partial charge in [0, 0.05) is 19.0 Å². The number of halogens is 1. The van der Waals surface area contributed by atoms with E-state index in [1.165, 1.54) is 31.2 Å². The summed E-state index contributed by atoms with van der Waals surface area (Å²) in [6.45, 7) is 1.79. The molecule has 0 aromatic heterocycles. The van der Waals surface area contributed by atoms with E-state index in [1.807, 2.05) is 6.07 Å². The molecular weight excluding hydrogens is 201 g/mol. The zero-order chi connectivity index (χ0) is 11.0. The zero-order valence-electron chi connectivity index (χ0n) is 9.51. The first-order valence-electron chi connectivity index (χ1n) is 6.34. The van der Waals surface area contributed by atoms with Crippen LogP contribution in [0.5, 0.6) is 0 Å². The lowest BCUT2D eigenvalue weighted by Crippen LogP contribution is -2.32. The summed E-state index contributed by atoms with van der Waals surface area (Å²) in [6, 6.07) is 5.51. The molecule has 2 heteroatoms. The lowest BCUT2D eigenvalue weighted by molar-refractivity contribution is 0.377. The monoisotopic (exact) mass is 219 g/mol. The molecule has 1 heterocycles. The first-order valence-corrected chi connectivity index (χ1v) is 6.34. The molecule has 1 nitrogen and oxygen atoms in total. The summed E-state index contributed by atoms with van der Waals surface area (Å²) in [6.07, 6.45) is 5.20. The average molecular weight is 219 g/mol. The highest BCUT2D eigenvalue weighted by molar-refractivity contribution is 5.34. The molecular formula is C14H18FN. The van der Waals surface area contributed by atoms with Crippen LogP contribution in [0.2, 0.25) is 0 Å². The molecule has 1 aliphatic heterocycles. The lowest BCUT2D eigenvalue weighted by atomic mass is 9.80. The third kappa shape index (κ3) is 1.65. The second-order valence-electron chi connectivity index (χ2n) is 5.09. The van der Waals surface area contributed by atoms with E-state index in [0.29, 0.717) is 11.8 Å². The molecule has 0 radical (unpaired) electrons. The molecule has 1 N–H and O–H groups in total. The van der Waals surface area contributed by atoms with Crippen LogP contribution in [0.1, 0.15) is 42.7 Å². The van der Waals surface area contributed by atoms with Gasteiger partial charge in [0.15, 0.2) is 0 Å². The molecule has 0 spiro atoms. The second-order valence-corrected chi connectivity index (χ2v) is 5.09. The van der Waals surface area contributed by atoms with Gasteiger partial charge in [0.1, 0.15) is 5.82 Å². The van der Waals surface area contributed by atoms with Gasteiger partial charge in [-0.05, 0) is 36.0 Å². The van der Waals surface area contributed by atoms with E-state index < -0.39 is 0 Å². The van der Waals surface area contributed by atoms with E-state index >= 15 is 0 Å². The number of nitrogens with one attached hydrogen (secondary N) is 1. The Kier molecular flexibility index (Phi) is 2.68. The van der Waals surface area contributed by atoms with Gasteiger partial charge in [-0.25, -0.2) is 4.39 Å². The maximum Gasteiger partial charge on any atom is 0.127 e. The van der Waals surface area contributed by atoms with E-state index in [0.717, 1.165) is 18.7 Å². The van der Waals surface area contributed by atoms with Gasteiger partial charge in [0.05, 0.1) is 0 Å². The Labute approximate surface area is 96.1 Å². The van der Waals surface area contributed by atoms with Crippen molar-refractivity contribution in [3.05, 3.63) is 35.1 Å². The molecule has 1 aliphatic carbocycles. The van der Waals surface area contributed by atoms with Gasteiger partial charge < -0.3 is 5.32 Å². The summed E-state index contributed by atoms with van der Waals surface area (Å²) in [5.74, 6) is 1.12. The molecule has 0 saturated heterocycles. The Morgan fingerprint density at radius 1 is 1.19 bits per heavy atom. The van der Waals surface area contributed by atoms with Gasteiger partial charge in [0.2, 0.25) is 0 Å². The minimum Gasteiger partial charge on any atom is -0.312 e. The number of hydrogen-bond donors (Lipinski definition) is 1. The summed E-state index contributed by atoms with van der Waals surface area (Å²) in [7, 11) is 0. The van der Waals surface area contributed by atoms with E-state index in [1.54, 1.807) is 6.07 Å². The van der Waals surface area contributed by atoms with Gasteiger partial charge in [-0.15, -0.1) is 0 Å². The van der Waals surface area contributed by atoms with Gasteiger partial charge in [-0.3, -0.25) is 0 Å². The first-order chi connectivity index (χ1) is 7.86. The normalized spacial score (nSPS) is 25.7. The Morgan fingerprint density at radius 2 is 2.00 bits per heavy atom. The fourth-order valence-corrected chi connectivity index (χ4v) is 3.38. The standard InChI is InChI=1S/C14H18FN/c15-13-7-3-6-11-8-16-9-12(14(11)13)10-4-1-2-5-10/h3,6-7,10,12,16H,1-2,4-5,8-9H2. The highest BCUT2D eigenvalue weighted by atomic mass is 19.1. The van der Waals surface area contributed by atoms with Gasteiger partial charge in [-0.1, -0.05) is 25.0 Å². The van der Waals surface area contributed by atoms with Crippen LogP contribution in [0.4, 0.5) is 4.39 Å². The van der Waals surface area contributed by atoms with Gasteiger partial charge in [-0.2, -0.15) is 0 Å². The molecule has 1 atom stereocenters. The van der Waals surface area contributed by atoms with Crippen molar-refractivity contribution in [3.8, 4) is 0 Å². The Morgan fingerprint density at radius 3 is 2.81 bits per heavy atom. The van der Waals surface area contributed by atoms with Gasteiger partial charge >= 0.3 is 0 Å². The molecule has 2 aliphatic rings. The summed E-state index contributed by atoms with van der Waals surface area (Å²) >= 11 is 0. The maximum atomic E-state index is 13.9. The SMILES string of the molecule is Fc1cccc2c1C(C1CCCC1)CNC2. The summed E-state index contributed by atoms with van der Waals surface area (Å²) in [4.78, 5) is 0. The van der Waals surface area contributed by atoms with E-state index in [-0.39, 0.29) is 5.82 Å². The van der Waals surface area contributed by atoms with Crippen molar-refractivity contribution in [2.24, 2.45) is 5.92 Å². The molecule has 0 amide bonds. The molecule has 1 fully saturated rings. The predicted molar refractivity (Wildman–Crippen MR) is 62.8 cm³/mol. The molecule has 1 saturated carbocycles. The molecule has 0 bridgehead atoms. The first kappa shape index (κ1) is 10.3. The van der Waals surface area contributed by atoms with Crippen molar-refractivity contribution in [1.29, 1.82) is 0 Å². The van der Waals surface area contributed by atoms with Crippen molar-refractivity contribution in [1.82, 2.24) is 5.32 Å². The van der Waals surface area contributed by atoms with Crippen LogP contribution in [0.25, 0.3) is 0 Å². The number of fused-ring (bicyclic) bond motifs is 1. The Balaban J connectivity index is 1.98. The largest absolute Gasteiger partial charge is 0.312 e. The topological polar surface area (TPSA) is 12.0 Å². The van der Waals surface area contributed by atoms with Crippen LogP contribution in [0.3, 0.4) is 0 Å². The number of hydrogen-bond acceptors (Lipinski definition) is 1. The molecule has 86 valence electrons. The minimum atomic E-state index is 0.0101. The van der Waals surface area contributed by atoms with Crippen LogP contribution in [-0.4, -0.2) is 6.54 Å². The lowest BCUT2D eigenvalue weighted by Gasteiger charge is -2.31. The van der Waals surface area contributed by atoms with Crippen molar-refractivity contribution in [2.45, 2.75) is 38.1 Å². The molecule has 3 rings (SSSR count). The third-order valence-electron chi connectivity index (χ3n) is 4.16. The van der Waals surface area contributed by atoms with Crippen LogP contribution in [0, 0.1) is 11.7 Å². The Hall–Kier alpha value is -0.890. The van der Waals surface area contributed by atoms with Crippen LogP contribution < -0.4 is 5.32 Å². The van der Waals surface area contributed by atoms with Crippen LogP contribution >= 0.6 is 0 Å².